The molecule has 88 valence electrons. The highest BCUT2D eigenvalue weighted by atomic mass is 16.5. The molecule has 0 amide bonds. The highest BCUT2D eigenvalue weighted by Gasteiger charge is 2.04. The Kier molecular flexibility index (Phi) is 5.45. The van der Waals surface area contributed by atoms with Gasteiger partial charge in [-0.25, -0.2) is 9.78 Å². The monoisotopic (exact) mass is 224 g/mol. The molecule has 1 aromatic heterocycles. The molecule has 16 heavy (non-hydrogen) atoms. The van der Waals surface area contributed by atoms with E-state index in [1.54, 1.807) is 19.2 Å². The molecule has 0 saturated heterocycles. The van der Waals surface area contributed by atoms with Gasteiger partial charge in [0, 0.05) is 20.3 Å². The van der Waals surface area contributed by atoms with Crippen LogP contribution in [0.1, 0.15) is 22.6 Å². The second-order valence-corrected chi connectivity index (χ2v) is 3.34. The van der Waals surface area contributed by atoms with Crippen molar-refractivity contribution in [1.82, 2.24) is 10.3 Å². The average Bonchev–Trinajstić information content (AvgIpc) is 2.29. The Hall–Kier alpha value is -1.46. The molecule has 0 aromatic carbocycles. The number of aromatic carboxylic acids is 1. The molecule has 1 rings (SSSR count). The van der Waals surface area contributed by atoms with Crippen LogP contribution in [0, 0.1) is 0 Å². The van der Waals surface area contributed by atoms with Crippen molar-refractivity contribution in [3.05, 3.63) is 29.6 Å². The number of nitrogens with zero attached hydrogens (tertiary/aromatic N) is 1. The van der Waals surface area contributed by atoms with Gasteiger partial charge in [-0.2, -0.15) is 0 Å². The maximum Gasteiger partial charge on any atom is 0.354 e. The molecule has 5 nitrogen and oxygen atoms in total. The smallest absolute Gasteiger partial charge is 0.354 e. The molecule has 0 aliphatic heterocycles. The van der Waals surface area contributed by atoms with E-state index in [0.29, 0.717) is 6.54 Å². The Morgan fingerprint density at radius 2 is 2.38 bits per heavy atom. The maximum atomic E-state index is 10.7. The van der Waals surface area contributed by atoms with Crippen LogP contribution in [0.5, 0.6) is 0 Å². The zero-order valence-electron chi connectivity index (χ0n) is 9.27. The number of hydrogen-bond donors (Lipinski definition) is 2. The summed E-state index contributed by atoms with van der Waals surface area (Å²) in [7, 11) is 1.66. The van der Waals surface area contributed by atoms with E-state index in [1.807, 2.05) is 0 Å². The Morgan fingerprint density at radius 3 is 3.06 bits per heavy atom. The third kappa shape index (κ3) is 4.37. The second-order valence-electron chi connectivity index (χ2n) is 3.34. The van der Waals surface area contributed by atoms with Crippen LogP contribution in [0.2, 0.25) is 0 Å². The van der Waals surface area contributed by atoms with Crippen molar-refractivity contribution in [2.75, 3.05) is 20.3 Å². The second kappa shape index (κ2) is 6.92. The van der Waals surface area contributed by atoms with Gasteiger partial charge in [0.2, 0.25) is 0 Å². The minimum Gasteiger partial charge on any atom is -0.477 e. The van der Waals surface area contributed by atoms with E-state index in [4.69, 9.17) is 9.84 Å². The van der Waals surface area contributed by atoms with Crippen LogP contribution in [-0.4, -0.2) is 36.3 Å². The molecule has 2 N–H and O–H groups in total. The first kappa shape index (κ1) is 12.6. The van der Waals surface area contributed by atoms with Crippen LogP contribution in [0.25, 0.3) is 0 Å². The van der Waals surface area contributed by atoms with Gasteiger partial charge in [-0.05, 0) is 25.1 Å². The van der Waals surface area contributed by atoms with Gasteiger partial charge in [0.1, 0.15) is 5.69 Å². The quantitative estimate of drug-likeness (QED) is 0.673. The van der Waals surface area contributed by atoms with Crippen molar-refractivity contribution >= 4 is 5.97 Å². The van der Waals surface area contributed by atoms with Gasteiger partial charge in [-0.3, -0.25) is 0 Å². The molecule has 0 aliphatic carbocycles. The van der Waals surface area contributed by atoms with Crippen LogP contribution in [0.3, 0.4) is 0 Å². The van der Waals surface area contributed by atoms with Gasteiger partial charge in [0.25, 0.3) is 0 Å². The van der Waals surface area contributed by atoms with Crippen molar-refractivity contribution < 1.29 is 14.6 Å². The summed E-state index contributed by atoms with van der Waals surface area (Å²) in [5.41, 5.74) is 0.813. The summed E-state index contributed by atoms with van der Waals surface area (Å²) in [6.07, 6.45) is 0.926. The number of carboxylic acid groups (broad SMARTS) is 1. The number of carbonyl (C=O) groups is 1. The summed E-state index contributed by atoms with van der Waals surface area (Å²) < 4.78 is 4.91. The predicted octanol–water partition coefficient (Wildman–Crippen LogP) is 0.906. The van der Waals surface area contributed by atoms with Crippen molar-refractivity contribution in [2.45, 2.75) is 13.0 Å². The Balaban J connectivity index is 2.36. The van der Waals surface area contributed by atoms with Crippen LogP contribution in [0.15, 0.2) is 18.2 Å². The van der Waals surface area contributed by atoms with Crippen LogP contribution >= 0.6 is 0 Å². The zero-order chi connectivity index (χ0) is 11.8. The van der Waals surface area contributed by atoms with Crippen molar-refractivity contribution in [2.24, 2.45) is 0 Å². The van der Waals surface area contributed by atoms with E-state index >= 15 is 0 Å². The number of pyridine rings is 1. The van der Waals surface area contributed by atoms with Crippen LogP contribution < -0.4 is 5.32 Å². The van der Waals surface area contributed by atoms with Crippen molar-refractivity contribution in [3.8, 4) is 0 Å². The molecule has 0 spiro atoms. The molecule has 1 heterocycles. The fourth-order valence-electron chi connectivity index (χ4n) is 1.26. The normalized spacial score (nSPS) is 10.3. The first-order valence-electron chi connectivity index (χ1n) is 5.13. The summed E-state index contributed by atoms with van der Waals surface area (Å²) >= 11 is 0. The number of nitrogens with one attached hydrogen (secondary N) is 1. The fourth-order valence-corrected chi connectivity index (χ4v) is 1.26. The van der Waals surface area contributed by atoms with E-state index < -0.39 is 5.97 Å². The number of rotatable bonds is 7. The van der Waals surface area contributed by atoms with Crippen molar-refractivity contribution in [1.29, 1.82) is 0 Å². The van der Waals surface area contributed by atoms with E-state index in [9.17, 15) is 4.79 Å². The SMILES string of the molecule is COCCCNCc1cccc(C(=O)O)n1. The van der Waals surface area contributed by atoms with Crippen LogP contribution in [0.4, 0.5) is 0 Å². The molecule has 5 heteroatoms. The summed E-state index contributed by atoms with van der Waals surface area (Å²) in [6, 6.07) is 4.98. The molecule has 0 saturated carbocycles. The topological polar surface area (TPSA) is 71.5 Å². The largest absolute Gasteiger partial charge is 0.477 e. The number of methoxy groups -OCH3 is 1. The van der Waals surface area contributed by atoms with E-state index in [0.717, 1.165) is 25.3 Å². The molecule has 0 aliphatic rings. The molecule has 1 aromatic rings. The van der Waals surface area contributed by atoms with Gasteiger partial charge in [0.15, 0.2) is 0 Å². The van der Waals surface area contributed by atoms with E-state index in [-0.39, 0.29) is 5.69 Å². The molecule has 0 unspecified atom stereocenters. The summed E-state index contributed by atoms with van der Waals surface area (Å²) in [4.78, 5) is 14.7. The van der Waals surface area contributed by atoms with Gasteiger partial charge < -0.3 is 15.2 Å². The zero-order valence-corrected chi connectivity index (χ0v) is 9.27. The highest BCUT2D eigenvalue weighted by molar-refractivity contribution is 5.85. The Bertz CT molecular complexity index is 342. The lowest BCUT2D eigenvalue weighted by Crippen LogP contribution is -2.17. The van der Waals surface area contributed by atoms with Crippen LogP contribution in [-0.2, 0) is 11.3 Å². The molecular weight excluding hydrogens is 208 g/mol. The fraction of sp³-hybridized carbons (Fsp3) is 0.455. The third-order valence-corrected chi connectivity index (χ3v) is 2.03. The molecule has 0 atom stereocenters. The Labute approximate surface area is 94.5 Å². The predicted molar refractivity (Wildman–Crippen MR) is 59.4 cm³/mol. The average molecular weight is 224 g/mol. The summed E-state index contributed by atoms with van der Waals surface area (Å²) in [5.74, 6) is -0.999. The minimum absolute atomic E-state index is 0.0798. The first-order valence-corrected chi connectivity index (χ1v) is 5.13. The van der Waals surface area contributed by atoms with Gasteiger partial charge in [-0.1, -0.05) is 6.07 Å². The molecular formula is C11H16N2O3. The number of hydrogen-bond acceptors (Lipinski definition) is 4. The molecule has 0 fully saturated rings. The van der Waals surface area contributed by atoms with Crippen molar-refractivity contribution in [3.63, 3.8) is 0 Å². The minimum atomic E-state index is -0.999. The lowest BCUT2D eigenvalue weighted by atomic mass is 10.3. The third-order valence-electron chi connectivity index (χ3n) is 2.03. The molecule has 0 radical (unpaired) electrons. The van der Waals surface area contributed by atoms with E-state index in [1.165, 1.54) is 6.07 Å². The highest BCUT2D eigenvalue weighted by Crippen LogP contribution is 1.99. The summed E-state index contributed by atoms with van der Waals surface area (Å²) in [6.45, 7) is 2.12. The number of aromatic nitrogens is 1. The molecule has 0 bridgehead atoms. The first-order chi connectivity index (χ1) is 7.74. The summed E-state index contributed by atoms with van der Waals surface area (Å²) in [5, 5.41) is 11.9. The lowest BCUT2D eigenvalue weighted by molar-refractivity contribution is 0.0690. The number of carboxylic acids is 1. The standard InChI is InChI=1S/C11H16N2O3/c1-16-7-3-6-12-8-9-4-2-5-10(13-9)11(14)15/h2,4-5,12H,3,6-8H2,1H3,(H,14,15). The Morgan fingerprint density at radius 1 is 1.56 bits per heavy atom. The van der Waals surface area contributed by atoms with Gasteiger partial charge in [0.05, 0.1) is 5.69 Å². The number of ether oxygens (including phenoxy) is 1. The van der Waals surface area contributed by atoms with Gasteiger partial charge >= 0.3 is 5.97 Å². The van der Waals surface area contributed by atoms with Gasteiger partial charge in [-0.15, -0.1) is 0 Å². The van der Waals surface area contributed by atoms with E-state index in [2.05, 4.69) is 10.3 Å². The maximum absolute atomic E-state index is 10.7. The lowest BCUT2D eigenvalue weighted by Gasteiger charge is -2.04.